The van der Waals surface area contributed by atoms with Crippen molar-refractivity contribution in [3.8, 4) is 11.8 Å². The van der Waals surface area contributed by atoms with E-state index in [4.69, 9.17) is 10.00 Å². The van der Waals surface area contributed by atoms with Crippen molar-refractivity contribution in [2.24, 2.45) is 5.41 Å². The van der Waals surface area contributed by atoms with E-state index in [0.29, 0.717) is 6.61 Å². The molecule has 0 bridgehead atoms. The second kappa shape index (κ2) is 4.67. The number of nitrogens with zero attached hydrogens (tertiary/aromatic N) is 1. The highest BCUT2D eigenvalue weighted by atomic mass is 16.5. The van der Waals surface area contributed by atoms with Gasteiger partial charge in [-0.3, -0.25) is 0 Å². The number of aryl methyl sites for hydroxylation is 1. The molecule has 0 amide bonds. The van der Waals surface area contributed by atoms with Gasteiger partial charge in [-0.1, -0.05) is 0 Å². The highest BCUT2D eigenvalue weighted by molar-refractivity contribution is 5.51. The Morgan fingerprint density at radius 3 is 2.76 bits per heavy atom. The highest BCUT2D eigenvalue weighted by Gasteiger charge is 2.42. The minimum Gasteiger partial charge on any atom is -0.494 e. The minimum atomic E-state index is -0.105. The van der Waals surface area contributed by atoms with Crippen LogP contribution in [0.15, 0.2) is 18.2 Å². The van der Waals surface area contributed by atoms with Gasteiger partial charge in [-0.2, -0.15) is 5.26 Å². The number of ether oxygens (including phenoxy) is 1. The van der Waals surface area contributed by atoms with Crippen molar-refractivity contribution in [2.75, 3.05) is 18.5 Å². The number of anilines is 1. The van der Waals surface area contributed by atoms with Crippen molar-refractivity contribution in [3.05, 3.63) is 23.8 Å². The maximum atomic E-state index is 8.99. The number of nitrogens with one attached hydrogen (secondary N) is 1. The van der Waals surface area contributed by atoms with Crippen molar-refractivity contribution in [1.29, 1.82) is 5.26 Å². The molecule has 17 heavy (non-hydrogen) atoms. The zero-order valence-corrected chi connectivity index (χ0v) is 10.4. The van der Waals surface area contributed by atoms with Crippen LogP contribution in [0.1, 0.15) is 25.3 Å². The molecule has 0 unspecified atom stereocenters. The Labute approximate surface area is 102 Å². The van der Waals surface area contributed by atoms with Crippen molar-refractivity contribution >= 4 is 5.69 Å². The molecule has 0 aromatic heterocycles. The number of benzene rings is 1. The van der Waals surface area contributed by atoms with Gasteiger partial charge in [-0.15, -0.1) is 0 Å². The fraction of sp³-hybridized carbons (Fsp3) is 0.500. The standard InChI is InChI=1S/C14H18N2O/c1-3-17-13-5-4-12(8-11(13)2)16-10-14(9-15)6-7-14/h4-5,8,16H,3,6-7,10H2,1-2H3. The predicted molar refractivity (Wildman–Crippen MR) is 68.1 cm³/mol. The summed E-state index contributed by atoms with van der Waals surface area (Å²) in [5.41, 5.74) is 2.08. The van der Waals surface area contributed by atoms with E-state index >= 15 is 0 Å². The Hall–Kier alpha value is -1.69. The number of hydrogen-bond donors (Lipinski definition) is 1. The van der Waals surface area contributed by atoms with Crippen LogP contribution in [0.5, 0.6) is 5.75 Å². The summed E-state index contributed by atoms with van der Waals surface area (Å²) < 4.78 is 5.49. The number of hydrogen-bond acceptors (Lipinski definition) is 3. The molecule has 0 heterocycles. The largest absolute Gasteiger partial charge is 0.494 e. The summed E-state index contributed by atoms with van der Waals surface area (Å²) in [6.07, 6.45) is 2.04. The molecule has 0 spiro atoms. The smallest absolute Gasteiger partial charge is 0.122 e. The van der Waals surface area contributed by atoms with Gasteiger partial charge in [-0.05, 0) is 50.5 Å². The van der Waals surface area contributed by atoms with Crippen molar-refractivity contribution in [3.63, 3.8) is 0 Å². The van der Waals surface area contributed by atoms with Crippen LogP contribution < -0.4 is 10.1 Å². The quantitative estimate of drug-likeness (QED) is 0.845. The zero-order chi connectivity index (χ0) is 12.3. The van der Waals surface area contributed by atoms with Gasteiger partial charge in [0.2, 0.25) is 0 Å². The van der Waals surface area contributed by atoms with Crippen LogP contribution in [-0.2, 0) is 0 Å². The second-order valence-electron chi connectivity index (χ2n) is 4.66. The molecule has 1 N–H and O–H groups in total. The average molecular weight is 230 g/mol. The first-order valence-corrected chi connectivity index (χ1v) is 6.08. The third kappa shape index (κ3) is 2.71. The molecule has 1 aliphatic rings. The molecule has 1 aromatic carbocycles. The fourth-order valence-electron chi connectivity index (χ4n) is 1.83. The zero-order valence-electron chi connectivity index (χ0n) is 10.4. The molecule has 0 saturated heterocycles. The van der Waals surface area contributed by atoms with Crippen molar-refractivity contribution in [2.45, 2.75) is 26.7 Å². The molecule has 0 radical (unpaired) electrons. The lowest BCUT2D eigenvalue weighted by molar-refractivity contribution is 0.338. The van der Waals surface area contributed by atoms with E-state index in [1.54, 1.807) is 0 Å². The Morgan fingerprint density at radius 2 is 2.24 bits per heavy atom. The third-order valence-electron chi connectivity index (χ3n) is 3.20. The maximum absolute atomic E-state index is 8.99. The normalized spacial score (nSPS) is 16.1. The first-order valence-electron chi connectivity index (χ1n) is 6.08. The van der Waals surface area contributed by atoms with Gasteiger partial charge < -0.3 is 10.1 Å². The molecule has 90 valence electrons. The molecular weight excluding hydrogens is 212 g/mol. The number of nitriles is 1. The molecule has 3 nitrogen and oxygen atoms in total. The summed E-state index contributed by atoms with van der Waals surface area (Å²) in [6.45, 7) is 5.45. The van der Waals surface area contributed by atoms with E-state index in [-0.39, 0.29) is 5.41 Å². The molecule has 0 aliphatic heterocycles. The van der Waals surface area contributed by atoms with E-state index in [9.17, 15) is 0 Å². The SMILES string of the molecule is CCOc1ccc(NCC2(C#N)CC2)cc1C. The molecule has 2 rings (SSSR count). The Balaban J connectivity index is 1.98. The summed E-state index contributed by atoms with van der Waals surface area (Å²) in [4.78, 5) is 0. The Morgan fingerprint density at radius 1 is 1.47 bits per heavy atom. The van der Waals surface area contributed by atoms with E-state index in [1.165, 1.54) is 0 Å². The maximum Gasteiger partial charge on any atom is 0.122 e. The highest BCUT2D eigenvalue weighted by Crippen LogP contribution is 2.44. The lowest BCUT2D eigenvalue weighted by Crippen LogP contribution is -2.13. The molecule has 1 saturated carbocycles. The van der Waals surface area contributed by atoms with Crippen LogP contribution in [0, 0.1) is 23.7 Å². The van der Waals surface area contributed by atoms with Crippen LogP contribution >= 0.6 is 0 Å². The van der Waals surface area contributed by atoms with Crippen LogP contribution in [0.2, 0.25) is 0 Å². The van der Waals surface area contributed by atoms with Gasteiger partial charge in [0, 0.05) is 12.2 Å². The van der Waals surface area contributed by atoms with E-state index in [1.807, 2.05) is 26.0 Å². The van der Waals surface area contributed by atoms with Gasteiger partial charge in [0.15, 0.2) is 0 Å². The summed E-state index contributed by atoms with van der Waals surface area (Å²) >= 11 is 0. The van der Waals surface area contributed by atoms with Gasteiger partial charge >= 0.3 is 0 Å². The van der Waals surface area contributed by atoms with Gasteiger partial charge in [0.1, 0.15) is 5.75 Å². The lowest BCUT2D eigenvalue weighted by atomic mass is 10.1. The third-order valence-corrected chi connectivity index (χ3v) is 3.20. The minimum absolute atomic E-state index is 0.105. The van der Waals surface area contributed by atoms with Crippen molar-refractivity contribution in [1.82, 2.24) is 0 Å². The van der Waals surface area contributed by atoms with E-state index in [0.717, 1.165) is 36.4 Å². The lowest BCUT2D eigenvalue weighted by Gasteiger charge is -2.12. The fourth-order valence-corrected chi connectivity index (χ4v) is 1.83. The van der Waals surface area contributed by atoms with Crippen LogP contribution in [0.3, 0.4) is 0 Å². The van der Waals surface area contributed by atoms with E-state index in [2.05, 4.69) is 17.5 Å². The van der Waals surface area contributed by atoms with Crippen LogP contribution in [0.25, 0.3) is 0 Å². The molecule has 3 heteroatoms. The summed E-state index contributed by atoms with van der Waals surface area (Å²) in [5.74, 6) is 0.930. The first kappa shape index (κ1) is 11.8. The van der Waals surface area contributed by atoms with Crippen molar-refractivity contribution < 1.29 is 4.74 Å². The first-order chi connectivity index (χ1) is 8.19. The molecular formula is C14H18N2O. The summed E-state index contributed by atoms with van der Waals surface area (Å²) in [7, 11) is 0. The topological polar surface area (TPSA) is 45.0 Å². The van der Waals surface area contributed by atoms with Gasteiger partial charge in [0.25, 0.3) is 0 Å². The monoisotopic (exact) mass is 230 g/mol. The number of rotatable bonds is 5. The van der Waals surface area contributed by atoms with Gasteiger partial charge in [0.05, 0.1) is 18.1 Å². The second-order valence-corrected chi connectivity index (χ2v) is 4.66. The molecule has 1 aromatic rings. The summed E-state index contributed by atoms with van der Waals surface area (Å²) in [6, 6.07) is 8.43. The summed E-state index contributed by atoms with van der Waals surface area (Å²) in [5, 5.41) is 12.3. The predicted octanol–water partition coefficient (Wildman–Crippen LogP) is 3.11. The van der Waals surface area contributed by atoms with Gasteiger partial charge in [-0.25, -0.2) is 0 Å². The van der Waals surface area contributed by atoms with Crippen LogP contribution in [-0.4, -0.2) is 13.2 Å². The average Bonchev–Trinajstić information content (AvgIpc) is 3.11. The van der Waals surface area contributed by atoms with Crippen LogP contribution in [0.4, 0.5) is 5.69 Å². The molecule has 1 aliphatic carbocycles. The Kier molecular flexibility index (Phi) is 3.23. The van der Waals surface area contributed by atoms with E-state index < -0.39 is 0 Å². The Bertz CT molecular complexity index is 444. The molecule has 0 atom stereocenters. The molecule has 1 fully saturated rings.